The molecule has 0 aliphatic rings. The van der Waals surface area contributed by atoms with Crippen LogP contribution in [0.1, 0.15) is 6.92 Å². The van der Waals surface area contributed by atoms with Crippen LogP contribution in [0.5, 0.6) is 5.88 Å². The minimum Gasteiger partial charge on any atom is -0.477 e. The Morgan fingerprint density at radius 1 is 1.47 bits per heavy atom. The van der Waals surface area contributed by atoms with Gasteiger partial charge >= 0.3 is 0 Å². The maximum Gasteiger partial charge on any atom is 0.234 e. The third kappa shape index (κ3) is 4.42. The molecule has 0 saturated heterocycles. The fourth-order valence-corrected chi connectivity index (χ4v) is 0.994. The number of hydrogen-bond acceptors (Lipinski definition) is 5. The average Bonchev–Trinajstić information content (AvgIpc) is 2.26. The fourth-order valence-electron chi connectivity index (χ4n) is 0.994. The standard InChI is InChI=1S/C10H16N4O/c1-2-15-10-8-12-7-9(14-10)13-6-4-3-5-11/h3-4,7-8H,2,5-6,11H2,1H3,(H,13,14)/b4-3+. The summed E-state index contributed by atoms with van der Waals surface area (Å²) in [5.41, 5.74) is 5.31. The van der Waals surface area contributed by atoms with Gasteiger partial charge in [0.1, 0.15) is 5.82 Å². The van der Waals surface area contributed by atoms with E-state index in [9.17, 15) is 0 Å². The van der Waals surface area contributed by atoms with E-state index in [0.717, 1.165) is 0 Å². The second-order valence-corrected chi connectivity index (χ2v) is 2.76. The zero-order chi connectivity index (χ0) is 10.9. The molecule has 0 unspecified atom stereocenters. The molecule has 0 atom stereocenters. The van der Waals surface area contributed by atoms with E-state index in [2.05, 4.69) is 15.3 Å². The summed E-state index contributed by atoms with van der Waals surface area (Å²) in [6, 6.07) is 0. The predicted octanol–water partition coefficient (Wildman–Crippen LogP) is 0.802. The van der Waals surface area contributed by atoms with Gasteiger partial charge in [0.05, 0.1) is 19.0 Å². The molecule has 0 aromatic carbocycles. The van der Waals surface area contributed by atoms with Crippen molar-refractivity contribution in [2.45, 2.75) is 6.92 Å². The van der Waals surface area contributed by atoms with Crippen LogP contribution >= 0.6 is 0 Å². The van der Waals surface area contributed by atoms with Crippen molar-refractivity contribution < 1.29 is 4.74 Å². The Morgan fingerprint density at radius 3 is 3.07 bits per heavy atom. The van der Waals surface area contributed by atoms with Gasteiger partial charge in [-0.15, -0.1) is 0 Å². The van der Waals surface area contributed by atoms with Crippen LogP contribution in [-0.4, -0.2) is 29.7 Å². The number of nitrogens with zero attached hydrogens (tertiary/aromatic N) is 2. The monoisotopic (exact) mass is 208 g/mol. The molecule has 0 amide bonds. The minimum absolute atomic E-state index is 0.533. The van der Waals surface area contributed by atoms with Crippen LogP contribution in [0.25, 0.3) is 0 Å². The first-order valence-corrected chi connectivity index (χ1v) is 4.90. The first-order valence-electron chi connectivity index (χ1n) is 4.90. The van der Waals surface area contributed by atoms with Gasteiger partial charge in [-0.05, 0) is 6.92 Å². The second-order valence-electron chi connectivity index (χ2n) is 2.76. The lowest BCUT2D eigenvalue weighted by atomic mass is 10.5. The summed E-state index contributed by atoms with van der Waals surface area (Å²) in [5.74, 6) is 1.23. The van der Waals surface area contributed by atoms with Crippen LogP contribution in [0, 0.1) is 0 Å². The van der Waals surface area contributed by atoms with Gasteiger partial charge < -0.3 is 15.8 Å². The van der Waals surface area contributed by atoms with Crippen LogP contribution in [0.15, 0.2) is 24.5 Å². The Kier molecular flexibility index (Phi) is 5.18. The molecule has 1 aromatic rings. The Labute approximate surface area is 89.4 Å². The number of anilines is 1. The quantitative estimate of drug-likeness (QED) is 0.676. The molecule has 0 bridgehead atoms. The van der Waals surface area contributed by atoms with Crippen molar-refractivity contribution in [2.24, 2.45) is 5.73 Å². The Balaban J connectivity index is 2.46. The summed E-state index contributed by atoms with van der Waals surface area (Å²) in [4.78, 5) is 8.20. The van der Waals surface area contributed by atoms with Gasteiger partial charge in [0.2, 0.25) is 5.88 Å². The SMILES string of the molecule is CCOc1cncc(NC/C=C/CN)n1. The number of nitrogens with two attached hydrogens (primary N) is 1. The molecule has 0 fully saturated rings. The van der Waals surface area contributed by atoms with E-state index in [1.54, 1.807) is 12.4 Å². The highest BCUT2D eigenvalue weighted by Gasteiger charge is 1.96. The van der Waals surface area contributed by atoms with Gasteiger partial charge in [0.25, 0.3) is 0 Å². The Morgan fingerprint density at radius 2 is 2.33 bits per heavy atom. The molecule has 82 valence electrons. The number of nitrogens with one attached hydrogen (secondary N) is 1. The zero-order valence-electron chi connectivity index (χ0n) is 8.81. The van der Waals surface area contributed by atoms with E-state index < -0.39 is 0 Å². The predicted molar refractivity (Wildman–Crippen MR) is 59.9 cm³/mol. The molecule has 0 spiro atoms. The molecular weight excluding hydrogens is 192 g/mol. The smallest absolute Gasteiger partial charge is 0.234 e. The molecule has 1 heterocycles. The van der Waals surface area contributed by atoms with E-state index in [1.165, 1.54) is 0 Å². The van der Waals surface area contributed by atoms with Crippen molar-refractivity contribution in [1.29, 1.82) is 0 Å². The van der Waals surface area contributed by atoms with Gasteiger partial charge in [0, 0.05) is 13.1 Å². The van der Waals surface area contributed by atoms with Crippen molar-refractivity contribution in [3.8, 4) is 5.88 Å². The van der Waals surface area contributed by atoms with Crippen molar-refractivity contribution in [2.75, 3.05) is 25.0 Å². The summed E-state index contributed by atoms with van der Waals surface area (Å²) < 4.78 is 5.22. The third-order valence-corrected chi connectivity index (χ3v) is 1.61. The van der Waals surface area contributed by atoms with Gasteiger partial charge in [-0.2, -0.15) is 4.98 Å². The Hall–Kier alpha value is -1.62. The largest absolute Gasteiger partial charge is 0.477 e. The third-order valence-electron chi connectivity index (χ3n) is 1.61. The van der Waals surface area contributed by atoms with E-state index in [1.807, 2.05) is 19.1 Å². The highest BCUT2D eigenvalue weighted by molar-refractivity contribution is 5.33. The summed E-state index contributed by atoms with van der Waals surface area (Å²) in [6.45, 7) is 3.73. The minimum atomic E-state index is 0.533. The molecule has 1 rings (SSSR count). The van der Waals surface area contributed by atoms with Crippen LogP contribution in [0.3, 0.4) is 0 Å². The Bertz CT molecular complexity index is 314. The van der Waals surface area contributed by atoms with Gasteiger partial charge in [0.15, 0.2) is 0 Å². The summed E-state index contributed by atoms with van der Waals surface area (Å²) in [5, 5.41) is 3.08. The van der Waals surface area contributed by atoms with E-state index in [-0.39, 0.29) is 0 Å². The van der Waals surface area contributed by atoms with Gasteiger partial charge in [-0.3, -0.25) is 4.98 Å². The van der Waals surface area contributed by atoms with Crippen molar-refractivity contribution in [1.82, 2.24) is 9.97 Å². The van der Waals surface area contributed by atoms with E-state index in [0.29, 0.717) is 31.4 Å². The first-order chi connectivity index (χ1) is 7.36. The van der Waals surface area contributed by atoms with Crippen molar-refractivity contribution in [3.63, 3.8) is 0 Å². The highest BCUT2D eigenvalue weighted by atomic mass is 16.5. The second kappa shape index (κ2) is 6.78. The molecular formula is C10H16N4O. The number of hydrogen-bond donors (Lipinski definition) is 2. The summed E-state index contributed by atoms with van der Waals surface area (Å²) in [7, 11) is 0. The molecule has 0 saturated carbocycles. The molecule has 0 aliphatic carbocycles. The van der Waals surface area contributed by atoms with Gasteiger partial charge in [-0.1, -0.05) is 12.2 Å². The maximum atomic E-state index is 5.31. The van der Waals surface area contributed by atoms with Crippen LogP contribution in [-0.2, 0) is 0 Å². The lowest BCUT2D eigenvalue weighted by molar-refractivity contribution is 0.326. The first kappa shape index (κ1) is 11.5. The number of ether oxygens (including phenoxy) is 1. The van der Waals surface area contributed by atoms with Crippen LogP contribution in [0.2, 0.25) is 0 Å². The lowest BCUT2D eigenvalue weighted by Gasteiger charge is -2.04. The lowest BCUT2D eigenvalue weighted by Crippen LogP contribution is -2.04. The van der Waals surface area contributed by atoms with Crippen molar-refractivity contribution in [3.05, 3.63) is 24.5 Å². The van der Waals surface area contributed by atoms with Crippen LogP contribution in [0.4, 0.5) is 5.82 Å². The summed E-state index contributed by atoms with van der Waals surface area (Å²) in [6.07, 6.45) is 7.06. The maximum absolute atomic E-state index is 5.31. The highest BCUT2D eigenvalue weighted by Crippen LogP contribution is 2.08. The topological polar surface area (TPSA) is 73.1 Å². The molecule has 0 aliphatic heterocycles. The van der Waals surface area contributed by atoms with E-state index >= 15 is 0 Å². The van der Waals surface area contributed by atoms with Crippen molar-refractivity contribution >= 4 is 5.82 Å². The molecule has 1 aromatic heterocycles. The molecule has 0 radical (unpaired) electrons. The molecule has 5 heteroatoms. The zero-order valence-corrected chi connectivity index (χ0v) is 8.81. The van der Waals surface area contributed by atoms with Crippen LogP contribution < -0.4 is 15.8 Å². The molecule has 15 heavy (non-hydrogen) atoms. The number of rotatable bonds is 6. The fraction of sp³-hybridized carbons (Fsp3) is 0.400. The molecule has 3 N–H and O–H groups in total. The molecule has 5 nitrogen and oxygen atoms in total. The van der Waals surface area contributed by atoms with E-state index in [4.69, 9.17) is 10.5 Å². The van der Waals surface area contributed by atoms with Gasteiger partial charge in [-0.25, -0.2) is 0 Å². The average molecular weight is 208 g/mol. The summed E-state index contributed by atoms with van der Waals surface area (Å²) >= 11 is 0. The number of aromatic nitrogens is 2. The normalized spacial score (nSPS) is 10.5.